The monoisotopic (exact) mass is 295 g/mol. The number of carbonyl (C=O) groups excluding carboxylic acids is 2. The van der Waals surface area contributed by atoms with Crippen molar-refractivity contribution < 1.29 is 9.59 Å². The predicted octanol–water partition coefficient (Wildman–Crippen LogP) is 1.50. The molecule has 5 heteroatoms. The highest BCUT2D eigenvalue weighted by molar-refractivity contribution is 5.86. The smallest absolute Gasteiger partial charge is 0.259 e. The lowest BCUT2D eigenvalue weighted by Gasteiger charge is -2.04. The number of rotatable bonds is 6. The Morgan fingerprint density at radius 1 is 0.909 bits per heavy atom. The van der Waals surface area contributed by atoms with Crippen LogP contribution in [0, 0.1) is 0 Å². The van der Waals surface area contributed by atoms with Crippen molar-refractivity contribution in [2.45, 2.75) is 6.42 Å². The summed E-state index contributed by atoms with van der Waals surface area (Å²) in [5, 5.41) is 6.38. The van der Waals surface area contributed by atoms with Crippen molar-refractivity contribution in [2.75, 3.05) is 6.54 Å². The molecule has 0 fully saturated rings. The molecule has 0 saturated carbocycles. The predicted molar refractivity (Wildman–Crippen MR) is 85.3 cm³/mol. The lowest BCUT2D eigenvalue weighted by Crippen LogP contribution is -2.35. The van der Waals surface area contributed by atoms with Crippen molar-refractivity contribution in [3.63, 3.8) is 0 Å². The highest BCUT2D eigenvalue weighted by atomic mass is 16.2. The molecule has 0 atom stereocenters. The van der Waals surface area contributed by atoms with Gasteiger partial charge < -0.3 is 5.32 Å². The van der Waals surface area contributed by atoms with Crippen LogP contribution in [0.5, 0.6) is 0 Å². The molecular formula is C17H17N3O2. The van der Waals surface area contributed by atoms with Gasteiger partial charge >= 0.3 is 0 Å². The fraction of sp³-hybridized carbons (Fsp3) is 0.118. The lowest BCUT2D eigenvalue weighted by atomic mass is 10.1. The molecule has 2 N–H and O–H groups in total. The van der Waals surface area contributed by atoms with Gasteiger partial charge in [0.2, 0.25) is 5.91 Å². The topological polar surface area (TPSA) is 70.6 Å². The average molecular weight is 295 g/mol. The Morgan fingerprint density at radius 2 is 1.55 bits per heavy atom. The number of hydrazone groups is 1. The Kier molecular flexibility index (Phi) is 5.87. The van der Waals surface area contributed by atoms with Crippen molar-refractivity contribution >= 4 is 18.0 Å². The largest absolute Gasteiger partial charge is 0.347 e. The molecule has 22 heavy (non-hydrogen) atoms. The van der Waals surface area contributed by atoms with E-state index in [9.17, 15) is 9.59 Å². The quantitative estimate of drug-likeness (QED) is 0.626. The van der Waals surface area contributed by atoms with Gasteiger partial charge in [-0.3, -0.25) is 9.59 Å². The summed E-state index contributed by atoms with van der Waals surface area (Å²) in [7, 11) is 0. The van der Waals surface area contributed by atoms with Gasteiger partial charge in [-0.1, -0.05) is 60.7 Å². The second-order valence-electron chi connectivity index (χ2n) is 4.64. The van der Waals surface area contributed by atoms with Gasteiger partial charge in [0.1, 0.15) is 0 Å². The molecule has 5 nitrogen and oxygen atoms in total. The van der Waals surface area contributed by atoms with E-state index in [0.717, 1.165) is 11.1 Å². The summed E-state index contributed by atoms with van der Waals surface area (Å²) >= 11 is 0. The summed E-state index contributed by atoms with van der Waals surface area (Å²) in [6, 6.07) is 18.8. The highest BCUT2D eigenvalue weighted by Crippen LogP contribution is 1.98. The van der Waals surface area contributed by atoms with Crippen LogP contribution in [0.3, 0.4) is 0 Å². The fourth-order valence-electron chi connectivity index (χ4n) is 1.78. The van der Waals surface area contributed by atoms with E-state index >= 15 is 0 Å². The maximum absolute atomic E-state index is 11.7. The van der Waals surface area contributed by atoms with Crippen LogP contribution in [0.25, 0.3) is 0 Å². The Balaban J connectivity index is 1.69. The molecule has 0 radical (unpaired) electrons. The van der Waals surface area contributed by atoms with E-state index in [-0.39, 0.29) is 24.8 Å². The molecule has 0 aliphatic rings. The zero-order valence-electron chi connectivity index (χ0n) is 12.0. The molecule has 0 aromatic heterocycles. The maximum Gasteiger partial charge on any atom is 0.259 e. The zero-order valence-corrected chi connectivity index (χ0v) is 12.0. The number of hydrogen-bond acceptors (Lipinski definition) is 3. The molecule has 0 aliphatic heterocycles. The lowest BCUT2D eigenvalue weighted by molar-refractivity contribution is -0.125. The van der Waals surface area contributed by atoms with Gasteiger partial charge in [0.25, 0.3) is 5.91 Å². The summed E-state index contributed by atoms with van der Waals surface area (Å²) in [5.74, 6) is -0.568. The van der Waals surface area contributed by atoms with Crippen LogP contribution < -0.4 is 10.7 Å². The minimum Gasteiger partial charge on any atom is -0.347 e. The van der Waals surface area contributed by atoms with Crippen molar-refractivity contribution in [3.8, 4) is 0 Å². The van der Waals surface area contributed by atoms with Crippen LogP contribution in [-0.4, -0.2) is 24.6 Å². The van der Waals surface area contributed by atoms with Crippen molar-refractivity contribution in [2.24, 2.45) is 5.10 Å². The third-order valence-electron chi connectivity index (χ3n) is 2.86. The summed E-state index contributed by atoms with van der Waals surface area (Å²) in [6.07, 6.45) is 1.80. The second kappa shape index (κ2) is 8.36. The van der Waals surface area contributed by atoms with Gasteiger partial charge in [0.05, 0.1) is 19.2 Å². The Labute approximate surface area is 129 Å². The van der Waals surface area contributed by atoms with E-state index < -0.39 is 0 Å². The molecule has 0 aliphatic carbocycles. The maximum atomic E-state index is 11.7. The first-order chi connectivity index (χ1) is 10.7. The molecule has 2 aromatic rings. The zero-order chi connectivity index (χ0) is 15.6. The first kappa shape index (κ1) is 15.4. The van der Waals surface area contributed by atoms with Crippen LogP contribution in [-0.2, 0) is 16.0 Å². The second-order valence-corrected chi connectivity index (χ2v) is 4.64. The summed E-state index contributed by atoms with van der Waals surface area (Å²) in [5.41, 5.74) is 4.16. The van der Waals surface area contributed by atoms with E-state index in [1.54, 1.807) is 6.21 Å². The third kappa shape index (κ3) is 5.58. The van der Waals surface area contributed by atoms with Crippen LogP contribution in [0.2, 0.25) is 0 Å². The van der Waals surface area contributed by atoms with Gasteiger partial charge in [-0.25, -0.2) is 5.43 Å². The molecule has 0 spiro atoms. The fourth-order valence-corrected chi connectivity index (χ4v) is 1.78. The van der Waals surface area contributed by atoms with Crippen LogP contribution >= 0.6 is 0 Å². The standard InChI is InChI=1S/C17H17N3O2/c21-16(11-14-7-3-1-4-8-14)18-13-17(22)20-19-12-15-9-5-2-6-10-15/h1-10,12H,11,13H2,(H,18,21)(H,20,22)/b19-12-. The third-order valence-corrected chi connectivity index (χ3v) is 2.86. The Hall–Kier alpha value is -2.95. The van der Waals surface area contributed by atoms with E-state index in [4.69, 9.17) is 0 Å². The number of hydrogen-bond donors (Lipinski definition) is 2. The molecule has 2 rings (SSSR count). The molecule has 0 bridgehead atoms. The minimum atomic E-state index is -0.367. The summed E-state index contributed by atoms with van der Waals surface area (Å²) in [4.78, 5) is 23.2. The molecule has 0 heterocycles. The summed E-state index contributed by atoms with van der Waals surface area (Å²) in [6.45, 7) is -0.0994. The minimum absolute atomic E-state index is 0.0994. The van der Waals surface area contributed by atoms with Crippen molar-refractivity contribution in [3.05, 3.63) is 71.8 Å². The average Bonchev–Trinajstić information content (AvgIpc) is 2.55. The van der Waals surface area contributed by atoms with Gasteiger partial charge in [-0.15, -0.1) is 0 Å². The van der Waals surface area contributed by atoms with Gasteiger partial charge in [-0.05, 0) is 11.1 Å². The van der Waals surface area contributed by atoms with Crippen LogP contribution in [0.15, 0.2) is 65.8 Å². The molecular weight excluding hydrogens is 278 g/mol. The van der Waals surface area contributed by atoms with Crippen LogP contribution in [0.1, 0.15) is 11.1 Å². The van der Waals surface area contributed by atoms with E-state index in [1.807, 2.05) is 60.7 Å². The van der Waals surface area contributed by atoms with Crippen molar-refractivity contribution in [1.82, 2.24) is 10.7 Å². The molecule has 2 aromatic carbocycles. The normalized spacial score (nSPS) is 10.4. The van der Waals surface area contributed by atoms with Gasteiger partial charge in [-0.2, -0.15) is 5.10 Å². The van der Waals surface area contributed by atoms with Crippen LogP contribution in [0.4, 0.5) is 0 Å². The number of benzene rings is 2. The van der Waals surface area contributed by atoms with E-state index in [1.165, 1.54) is 0 Å². The highest BCUT2D eigenvalue weighted by Gasteiger charge is 2.05. The van der Waals surface area contributed by atoms with E-state index in [2.05, 4.69) is 15.8 Å². The number of nitrogens with one attached hydrogen (secondary N) is 2. The van der Waals surface area contributed by atoms with Gasteiger partial charge in [0.15, 0.2) is 0 Å². The molecule has 112 valence electrons. The Morgan fingerprint density at radius 3 is 2.23 bits per heavy atom. The molecule has 0 unspecified atom stereocenters. The van der Waals surface area contributed by atoms with E-state index in [0.29, 0.717) is 0 Å². The van der Waals surface area contributed by atoms with Crippen molar-refractivity contribution in [1.29, 1.82) is 0 Å². The SMILES string of the molecule is O=C(Cc1ccccc1)NCC(=O)N/N=C\c1ccccc1. The molecule has 0 saturated heterocycles. The summed E-state index contributed by atoms with van der Waals surface area (Å²) < 4.78 is 0. The number of amides is 2. The molecule has 2 amide bonds. The number of carbonyl (C=O) groups is 2. The first-order valence-electron chi connectivity index (χ1n) is 6.91. The first-order valence-corrected chi connectivity index (χ1v) is 6.91. The Bertz CT molecular complexity index is 639. The number of nitrogens with zero attached hydrogens (tertiary/aromatic N) is 1. The van der Waals surface area contributed by atoms with Gasteiger partial charge in [0, 0.05) is 0 Å².